The first-order valence-electron chi connectivity index (χ1n) is 5.01. The van der Waals surface area contributed by atoms with Crippen molar-refractivity contribution in [2.45, 2.75) is 25.8 Å². The molecule has 5 nitrogen and oxygen atoms in total. The van der Waals surface area contributed by atoms with Crippen LogP contribution in [-0.2, 0) is 0 Å². The molecule has 0 aromatic carbocycles. The minimum absolute atomic E-state index is 0.624. The van der Waals surface area contributed by atoms with E-state index >= 15 is 0 Å². The summed E-state index contributed by atoms with van der Waals surface area (Å²) in [6.07, 6.45) is 4.02. The lowest BCUT2D eigenvalue weighted by atomic mass is 10.4. The maximum Gasteiger partial charge on any atom is 0.159 e. The monoisotopic (exact) mass is 271 g/mol. The first kappa shape index (κ1) is 10.6. The number of hydrogen-bond acceptors (Lipinski definition) is 5. The van der Waals surface area contributed by atoms with Crippen molar-refractivity contribution < 1.29 is 0 Å². The highest BCUT2D eigenvalue weighted by Crippen LogP contribution is 2.36. The fourth-order valence-electron chi connectivity index (χ4n) is 1.63. The fraction of sp³-hybridized carbons (Fsp3) is 0.556. The molecule has 1 aromatic heterocycles. The van der Waals surface area contributed by atoms with E-state index in [2.05, 4.69) is 43.1 Å². The molecular formula is C9H14BrN5. The zero-order valence-electron chi connectivity index (χ0n) is 8.57. The zero-order valence-corrected chi connectivity index (χ0v) is 10.2. The zero-order chi connectivity index (χ0) is 10.8. The van der Waals surface area contributed by atoms with Crippen molar-refractivity contribution in [2.75, 3.05) is 16.9 Å². The lowest BCUT2D eigenvalue weighted by Crippen LogP contribution is -2.27. The van der Waals surface area contributed by atoms with Gasteiger partial charge >= 0.3 is 0 Å². The van der Waals surface area contributed by atoms with E-state index in [1.807, 2.05) is 0 Å². The predicted octanol–water partition coefficient (Wildman–Crippen LogP) is 1.51. The molecule has 0 radical (unpaired) electrons. The minimum atomic E-state index is 0.624. The molecule has 0 aliphatic heterocycles. The topological polar surface area (TPSA) is 67.1 Å². The van der Waals surface area contributed by atoms with E-state index in [0.29, 0.717) is 11.9 Å². The Hall–Kier alpha value is -0.880. The molecule has 0 unspecified atom stereocenters. The van der Waals surface area contributed by atoms with Crippen LogP contribution in [0.15, 0.2) is 10.8 Å². The molecule has 0 amide bonds. The molecule has 1 aliphatic rings. The molecule has 1 fully saturated rings. The lowest BCUT2D eigenvalue weighted by molar-refractivity contribution is 0.802. The third kappa shape index (κ3) is 2.05. The molecule has 6 heteroatoms. The SMILES string of the molecule is CCN(c1ncnc(NN)c1Br)C1CC1. The molecule has 0 saturated heterocycles. The van der Waals surface area contributed by atoms with Gasteiger partial charge in [0.25, 0.3) is 0 Å². The standard InChI is InChI=1S/C9H14BrN5/c1-2-15(6-3-4-6)9-7(10)8(14-11)12-5-13-9/h5-6H,2-4,11H2,1H3,(H,12,13,14). The van der Waals surface area contributed by atoms with Gasteiger partial charge in [-0.15, -0.1) is 0 Å². The molecule has 1 saturated carbocycles. The lowest BCUT2D eigenvalue weighted by Gasteiger charge is -2.23. The van der Waals surface area contributed by atoms with Crippen LogP contribution in [0.25, 0.3) is 0 Å². The van der Waals surface area contributed by atoms with Crippen LogP contribution in [-0.4, -0.2) is 22.6 Å². The van der Waals surface area contributed by atoms with Gasteiger partial charge in [0.15, 0.2) is 5.82 Å². The molecule has 3 N–H and O–H groups in total. The number of nitrogens with zero attached hydrogens (tertiary/aromatic N) is 3. The molecule has 0 atom stereocenters. The van der Waals surface area contributed by atoms with E-state index in [1.54, 1.807) is 0 Å². The van der Waals surface area contributed by atoms with E-state index < -0.39 is 0 Å². The second kappa shape index (κ2) is 4.32. The Morgan fingerprint density at radius 1 is 1.60 bits per heavy atom. The van der Waals surface area contributed by atoms with Crippen LogP contribution in [0.3, 0.4) is 0 Å². The second-order valence-electron chi connectivity index (χ2n) is 3.52. The summed E-state index contributed by atoms with van der Waals surface area (Å²) in [6, 6.07) is 0.631. The van der Waals surface area contributed by atoms with Crippen LogP contribution in [0.5, 0.6) is 0 Å². The number of aromatic nitrogens is 2. The Bertz CT molecular complexity index is 352. The van der Waals surface area contributed by atoms with Crippen LogP contribution in [0.2, 0.25) is 0 Å². The Balaban J connectivity index is 2.33. The summed E-state index contributed by atoms with van der Waals surface area (Å²) in [7, 11) is 0. The number of halogens is 1. The third-order valence-corrected chi connectivity index (χ3v) is 3.24. The van der Waals surface area contributed by atoms with Crippen LogP contribution >= 0.6 is 15.9 Å². The van der Waals surface area contributed by atoms with E-state index in [9.17, 15) is 0 Å². The maximum absolute atomic E-state index is 5.36. The van der Waals surface area contributed by atoms with Gasteiger partial charge in [0.1, 0.15) is 16.6 Å². The number of nitrogens with one attached hydrogen (secondary N) is 1. The van der Waals surface area contributed by atoms with Crippen molar-refractivity contribution in [1.29, 1.82) is 0 Å². The molecule has 0 spiro atoms. The normalized spacial score (nSPS) is 15.1. The Morgan fingerprint density at radius 3 is 2.87 bits per heavy atom. The number of hydrogen-bond donors (Lipinski definition) is 2. The van der Waals surface area contributed by atoms with Crippen LogP contribution in [0.4, 0.5) is 11.6 Å². The first-order valence-corrected chi connectivity index (χ1v) is 5.81. The van der Waals surface area contributed by atoms with Crippen molar-refractivity contribution >= 4 is 27.6 Å². The Morgan fingerprint density at radius 2 is 2.33 bits per heavy atom. The molecule has 2 rings (SSSR count). The third-order valence-electron chi connectivity index (χ3n) is 2.51. The van der Waals surface area contributed by atoms with Gasteiger partial charge in [-0.05, 0) is 35.7 Å². The molecule has 82 valence electrons. The highest BCUT2D eigenvalue weighted by Gasteiger charge is 2.30. The quantitative estimate of drug-likeness (QED) is 0.642. The fourth-order valence-corrected chi connectivity index (χ4v) is 2.18. The minimum Gasteiger partial charge on any atom is -0.353 e. The van der Waals surface area contributed by atoms with Crippen molar-refractivity contribution in [3.05, 3.63) is 10.8 Å². The second-order valence-corrected chi connectivity index (χ2v) is 4.31. The van der Waals surface area contributed by atoms with Crippen molar-refractivity contribution in [3.63, 3.8) is 0 Å². The molecule has 15 heavy (non-hydrogen) atoms. The van der Waals surface area contributed by atoms with Gasteiger partial charge in [-0.3, -0.25) is 0 Å². The summed E-state index contributed by atoms with van der Waals surface area (Å²) in [5, 5.41) is 0. The Kier molecular flexibility index (Phi) is 3.06. The van der Waals surface area contributed by atoms with E-state index in [4.69, 9.17) is 5.84 Å². The van der Waals surface area contributed by atoms with Gasteiger partial charge in [-0.1, -0.05) is 0 Å². The van der Waals surface area contributed by atoms with Crippen molar-refractivity contribution in [1.82, 2.24) is 9.97 Å². The van der Waals surface area contributed by atoms with Gasteiger partial charge < -0.3 is 10.3 Å². The van der Waals surface area contributed by atoms with E-state index in [1.165, 1.54) is 19.2 Å². The first-order chi connectivity index (χ1) is 7.27. The summed E-state index contributed by atoms with van der Waals surface area (Å²) in [5.74, 6) is 6.91. The summed E-state index contributed by atoms with van der Waals surface area (Å²) < 4.78 is 0.834. The Labute approximate surface area is 97.2 Å². The van der Waals surface area contributed by atoms with Crippen LogP contribution in [0, 0.1) is 0 Å². The summed E-state index contributed by atoms with van der Waals surface area (Å²) in [6.45, 7) is 3.08. The van der Waals surface area contributed by atoms with Crippen molar-refractivity contribution in [3.8, 4) is 0 Å². The van der Waals surface area contributed by atoms with Crippen molar-refractivity contribution in [2.24, 2.45) is 5.84 Å². The summed E-state index contributed by atoms with van der Waals surface area (Å²) in [5.41, 5.74) is 2.55. The van der Waals surface area contributed by atoms with E-state index in [-0.39, 0.29) is 0 Å². The molecule has 1 aliphatic carbocycles. The predicted molar refractivity (Wildman–Crippen MR) is 63.6 cm³/mol. The van der Waals surface area contributed by atoms with Gasteiger partial charge in [-0.2, -0.15) is 0 Å². The maximum atomic E-state index is 5.36. The van der Waals surface area contributed by atoms with Gasteiger partial charge in [-0.25, -0.2) is 15.8 Å². The van der Waals surface area contributed by atoms with Gasteiger partial charge in [0.2, 0.25) is 0 Å². The number of nitrogens with two attached hydrogens (primary N) is 1. The average Bonchev–Trinajstić information content (AvgIpc) is 3.06. The highest BCUT2D eigenvalue weighted by molar-refractivity contribution is 9.10. The number of hydrazine groups is 1. The highest BCUT2D eigenvalue weighted by atomic mass is 79.9. The molecule has 1 heterocycles. The van der Waals surface area contributed by atoms with E-state index in [0.717, 1.165) is 16.8 Å². The molecular weight excluding hydrogens is 258 g/mol. The largest absolute Gasteiger partial charge is 0.353 e. The number of anilines is 2. The summed E-state index contributed by atoms with van der Waals surface area (Å²) in [4.78, 5) is 10.6. The molecule has 1 aromatic rings. The number of rotatable bonds is 4. The summed E-state index contributed by atoms with van der Waals surface area (Å²) >= 11 is 3.47. The average molecular weight is 272 g/mol. The van der Waals surface area contributed by atoms with Crippen LogP contribution in [0.1, 0.15) is 19.8 Å². The number of nitrogen functional groups attached to an aromatic ring is 1. The molecule has 0 bridgehead atoms. The van der Waals surface area contributed by atoms with Gasteiger partial charge in [0.05, 0.1) is 0 Å². The smallest absolute Gasteiger partial charge is 0.159 e. The van der Waals surface area contributed by atoms with Gasteiger partial charge in [0, 0.05) is 12.6 Å². The van der Waals surface area contributed by atoms with Crippen LogP contribution < -0.4 is 16.2 Å².